The van der Waals surface area contributed by atoms with Crippen molar-refractivity contribution >= 4 is 17.6 Å². The number of ether oxygens (including phenoxy) is 1. The number of benzene rings is 1. The van der Waals surface area contributed by atoms with Gasteiger partial charge < -0.3 is 20.0 Å². The van der Waals surface area contributed by atoms with Crippen molar-refractivity contribution in [3.63, 3.8) is 0 Å². The van der Waals surface area contributed by atoms with Gasteiger partial charge in [0.2, 0.25) is 5.95 Å². The third kappa shape index (κ3) is 4.04. The van der Waals surface area contributed by atoms with E-state index in [0.29, 0.717) is 12.0 Å². The zero-order chi connectivity index (χ0) is 22.1. The van der Waals surface area contributed by atoms with Crippen molar-refractivity contribution in [2.24, 2.45) is 11.3 Å². The largest absolute Gasteiger partial charge is 0.457 e. The highest BCUT2D eigenvalue weighted by molar-refractivity contribution is 5.93. The minimum atomic E-state index is -0.185. The van der Waals surface area contributed by atoms with Crippen LogP contribution in [0.5, 0.6) is 0 Å². The highest BCUT2D eigenvalue weighted by Crippen LogP contribution is 2.40. The number of hydrogen-bond acceptors (Lipinski definition) is 8. The first-order valence-electron chi connectivity index (χ1n) is 11.6. The molecule has 0 aliphatic carbocycles. The summed E-state index contributed by atoms with van der Waals surface area (Å²) in [5.41, 5.74) is 8.05. The molecule has 0 atom stereocenters. The van der Waals surface area contributed by atoms with Crippen LogP contribution in [0, 0.1) is 12.3 Å². The summed E-state index contributed by atoms with van der Waals surface area (Å²) >= 11 is 0. The summed E-state index contributed by atoms with van der Waals surface area (Å²) in [5, 5.41) is 0. The maximum Gasteiger partial charge on any atom is 0.338 e. The number of hydrogen-bond donors (Lipinski definition) is 2. The van der Waals surface area contributed by atoms with Crippen LogP contribution in [-0.2, 0) is 17.8 Å². The standard InChI is InChI=1S/C24H32N6O2/c1-17-18(3-4-20-21(17)15-32-22(20)31)5-10-29-11-7-24(8-12-29)6-2-9-30(16-24)23-26-13-19(28-25)14-27-23/h3-4,13-14,28H,2,5-12,15-16,25H2,1H3. The van der Waals surface area contributed by atoms with E-state index < -0.39 is 0 Å². The number of anilines is 2. The van der Waals surface area contributed by atoms with E-state index in [1.54, 1.807) is 12.4 Å². The van der Waals surface area contributed by atoms with Gasteiger partial charge in [0.05, 0.1) is 23.6 Å². The number of piperidine rings is 2. The molecule has 170 valence electrons. The molecule has 4 heterocycles. The molecule has 0 saturated carbocycles. The van der Waals surface area contributed by atoms with E-state index in [9.17, 15) is 4.79 Å². The Morgan fingerprint density at radius 2 is 1.94 bits per heavy atom. The van der Waals surface area contributed by atoms with E-state index in [2.05, 4.69) is 38.2 Å². The predicted molar refractivity (Wildman–Crippen MR) is 123 cm³/mol. The number of carbonyl (C=O) groups excluding carboxylic acids is 1. The van der Waals surface area contributed by atoms with Crippen LogP contribution in [0.3, 0.4) is 0 Å². The summed E-state index contributed by atoms with van der Waals surface area (Å²) in [4.78, 5) is 25.7. The Labute approximate surface area is 189 Å². The van der Waals surface area contributed by atoms with Gasteiger partial charge in [0.25, 0.3) is 0 Å². The second-order valence-corrected chi connectivity index (χ2v) is 9.48. The van der Waals surface area contributed by atoms with Crippen LogP contribution in [0.4, 0.5) is 11.6 Å². The molecular weight excluding hydrogens is 404 g/mol. The average Bonchev–Trinajstić information content (AvgIpc) is 3.21. The van der Waals surface area contributed by atoms with E-state index in [-0.39, 0.29) is 5.97 Å². The van der Waals surface area contributed by atoms with Gasteiger partial charge in [-0.05, 0) is 74.7 Å². The molecule has 2 saturated heterocycles. The Hall–Kier alpha value is -2.71. The van der Waals surface area contributed by atoms with Crippen LogP contribution in [0.25, 0.3) is 0 Å². The SMILES string of the molecule is Cc1c(CCN2CCC3(CCCN(c4ncc(NN)cn4)C3)CC2)ccc2c1COC2=O. The first-order valence-corrected chi connectivity index (χ1v) is 11.6. The van der Waals surface area contributed by atoms with Gasteiger partial charge in [0, 0.05) is 25.2 Å². The lowest BCUT2D eigenvalue weighted by Crippen LogP contribution is -2.50. The number of hydrazine groups is 1. The number of carbonyl (C=O) groups is 1. The quantitative estimate of drug-likeness (QED) is 0.420. The van der Waals surface area contributed by atoms with Crippen LogP contribution in [-0.4, -0.2) is 53.6 Å². The van der Waals surface area contributed by atoms with Crippen molar-refractivity contribution in [1.29, 1.82) is 0 Å². The monoisotopic (exact) mass is 436 g/mol. The molecule has 3 N–H and O–H groups in total. The zero-order valence-corrected chi connectivity index (χ0v) is 18.8. The molecule has 0 amide bonds. The van der Waals surface area contributed by atoms with Crippen molar-refractivity contribution in [2.75, 3.05) is 43.0 Å². The van der Waals surface area contributed by atoms with E-state index in [1.807, 2.05) is 6.07 Å². The third-order valence-corrected chi connectivity index (χ3v) is 7.64. The van der Waals surface area contributed by atoms with Gasteiger partial charge in [-0.25, -0.2) is 14.8 Å². The Morgan fingerprint density at radius 1 is 1.16 bits per heavy atom. The predicted octanol–water partition coefficient (Wildman–Crippen LogP) is 2.67. The summed E-state index contributed by atoms with van der Waals surface area (Å²) in [7, 11) is 0. The average molecular weight is 437 g/mol. The molecule has 2 aromatic rings. The second-order valence-electron chi connectivity index (χ2n) is 9.48. The lowest BCUT2D eigenvalue weighted by Gasteiger charge is -2.47. The molecular formula is C24H32N6O2. The molecule has 3 aliphatic rings. The maximum absolute atomic E-state index is 11.8. The van der Waals surface area contributed by atoms with E-state index in [0.717, 1.165) is 61.9 Å². The molecule has 0 radical (unpaired) electrons. The molecule has 1 aromatic carbocycles. The summed E-state index contributed by atoms with van der Waals surface area (Å²) in [6.45, 7) is 7.93. The fourth-order valence-electron chi connectivity index (χ4n) is 5.54. The summed E-state index contributed by atoms with van der Waals surface area (Å²) in [6.07, 6.45) is 9.42. The number of nitrogens with one attached hydrogen (secondary N) is 1. The van der Waals surface area contributed by atoms with Crippen molar-refractivity contribution in [1.82, 2.24) is 14.9 Å². The van der Waals surface area contributed by atoms with Crippen LogP contribution in [0.15, 0.2) is 24.5 Å². The van der Waals surface area contributed by atoms with E-state index >= 15 is 0 Å². The Bertz CT molecular complexity index is 985. The van der Waals surface area contributed by atoms with Crippen LogP contribution in [0.2, 0.25) is 0 Å². The van der Waals surface area contributed by atoms with Gasteiger partial charge >= 0.3 is 5.97 Å². The van der Waals surface area contributed by atoms with Crippen LogP contribution < -0.4 is 16.2 Å². The summed E-state index contributed by atoms with van der Waals surface area (Å²) < 4.78 is 5.20. The lowest BCUT2D eigenvalue weighted by molar-refractivity contribution is 0.0535. The first kappa shape index (κ1) is 21.2. The molecule has 0 bridgehead atoms. The number of nitrogens with zero attached hydrogens (tertiary/aromatic N) is 4. The molecule has 32 heavy (non-hydrogen) atoms. The van der Waals surface area contributed by atoms with Gasteiger partial charge in [0.15, 0.2) is 0 Å². The normalized spacial score (nSPS) is 20.3. The van der Waals surface area contributed by atoms with Gasteiger partial charge in [-0.1, -0.05) is 6.07 Å². The molecule has 1 aromatic heterocycles. The van der Waals surface area contributed by atoms with E-state index in [4.69, 9.17) is 10.6 Å². The Kier molecular flexibility index (Phi) is 5.73. The van der Waals surface area contributed by atoms with Crippen molar-refractivity contribution in [2.45, 2.75) is 45.6 Å². The van der Waals surface area contributed by atoms with Gasteiger partial charge in [0.1, 0.15) is 6.61 Å². The number of cyclic esters (lactones) is 1. The smallest absolute Gasteiger partial charge is 0.338 e. The van der Waals surface area contributed by atoms with Gasteiger partial charge in [-0.3, -0.25) is 5.84 Å². The van der Waals surface area contributed by atoms with Gasteiger partial charge in [-0.2, -0.15) is 0 Å². The molecule has 8 nitrogen and oxygen atoms in total. The Balaban J connectivity index is 1.17. The van der Waals surface area contributed by atoms with E-state index in [1.165, 1.54) is 36.8 Å². The number of nitrogens with two attached hydrogens (primary N) is 1. The minimum absolute atomic E-state index is 0.185. The first-order chi connectivity index (χ1) is 15.6. The number of likely N-dealkylation sites (tertiary alicyclic amines) is 1. The summed E-state index contributed by atoms with van der Waals surface area (Å²) in [6, 6.07) is 4.05. The zero-order valence-electron chi connectivity index (χ0n) is 18.8. The highest BCUT2D eigenvalue weighted by atomic mass is 16.5. The fourth-order valence-corrected chi connectivity index (χ4v) is 5.54. The van der Waals surface area contributed by atoms with Crippen molar-refractivity contribution in [3.8, 4) is 0 Å². The second kappa shape index (κ2) is 8.67. The van der Waals surface area contributed by atoms with Crippen LogP contribution >= 0.6 is 0 Å². The Morgan fingerprint density at radius 3 is 2.69 bits per heavy atom. The molecule has 5 rings (SSSR count). The van der Waals surface area contributed by atoms with Crippen molar-refractivity contribution < 1.29 is 9.53 Å². The number of esters is 1. The third-order valence-electron chi connectivity index (χ3n) is 7.64. The lowest BCUT2D eigenvalue weighted by atomic mass is 9.72. The van der Waals surface area contributed by atoms with Crippen molar-refractivity contribution in [3.05, 3.63) is 46.8 Å². The number of aromatic nitrogens is 2. The van der Waals surface area contributed by atoms with Crippen LogP contribution in [0.1, 0.15) is 52.7 Å². The molecule has 3 aliphatic heterocycles. The minimum Gasteiger partial charge on any atom is -0.457 e. The molecule has 2 fully saturated rings. The molecule has 0 unspecified atom stereocenters. The summed E-state index contributed by atoms with van der Waals surface area (Å²) in [5.74, 6) is 6.06. The topological polar surface area (TPSA) is 96.6 Å². The number of fused-ring (bicyclic) bond motifs is 1. The highest BCUT2D eigenvalue weighted by Gasteiger charge is 2.39. The number of nitrogen functional groups attached to an aromatic ring is 1. The number of rotatable bonds is 5. The van der Waals surface area contributed by atoms with Gasteiger partial charge in [-0.15, -0.1) is 0 Å². The maximum atomic E-state index is 11.8. The fraction of sp³-hybridized carbons (Fsp3) is 0.542. The molecule has 8 heteroatoms. The molecule has 1 spiro atoms.